The minimum atomic E-state index is -4.42. The van der Waals surface area contributed by atoms with Crippen molar-refractivity contribution >= 4 is 23.4 Å². The fraction of sp³-hybridized carbons (Fsp3) is 0.0714. The van der Waals surface area contributed by atoms with Crippen LogP contribution in [0.1, 0.15) is 10.4 Å². The summed E-state index contributed by atoms with van der Waals surface area (Å²) in [6.45, 7) is 0. The van der Waals surface area contributed by atoms with E-state index >= 15 is 0 Å². The van der Waals surface area contributed by atoms with Crippen LogP contribution in [-0.2, 0) is 0 Å². The summed E-state index contributed by atoms with van der Waals surface area (Å²) in [5.74, 6) is -2.30. The monoisotopic (exact) mass is 333 g/mol. The van der Waals surface area contributed by atoms with E-state index in [2.05, 4.69) is 5.32 Å². The molecule has 2 nitrogen and oxygen atoms in total. The van der Waals surface area contributed by atoms with Gasteiger partial charge in [0.25, 0.3) is 5.91 Å². The van der Waals surface area contributed by atoms with Gasteiger partial charge in [0.2, 0.25) is 0 Å². The van der Waals surface area contributed by atoms with Crippen molar-refractivity contribution in [3.05, 3.63) is 59.7 Å². The third kappa shape index (κ3) is 4.45. The van der Waals surface area contributed by atoms with E-state index in [0.717, 1.165) is 30.3 Å². The van der Waals surface area contributed by atoms with Gasteiger partial charge in [-0.1, -0.05) is 0 Å². The highest BCUT2D eigenvalue weighted by atomic mass is 32.2. The Labute approximate surface area is 126 Å². The molecule has 0 bridgehead atoms. The second kappa shape index (κ2) is 6.35. The normalized spacial score (nSPS) is 11.3. The van der Waals surface area contributed by atoms with Crippen LogP contribution in [0.15, 0.2) is 47.4 Å². The van der Waals surface area contributed by atoms with Crippen molar-refractivity contribution in [2.24, 2.45) is 0 Å². The van der Waals surface area contributed by atoms with Gasteiger partial charge in [0.15, 0.2) is 0 Å². The van der Waals surface area contributed by atoms with Gasteiger partial charge in [0, 0.05) is 16.5 Å². The smallest absolute Gasteiger partial charge is 0.319 e. The van der Waals surface area contributed by atoms with Crippen molar-refractivity contribution in [3.8, 4) is 0 Å². The van der Waals surface area contributed by atoms with Crippen LogP contribution in [0.25, 0.3) is 0 Å². The summed E-state index contributed by atoms with van der Waals surface area (Å²) >= 11 is -0.312. The number of carbonyl (C=O) groups is 1. The lowest BCUT2D eigenvalue weighted by molar-refractivity contribution is -0.0328. The number of carbonyl (C=O) groups excluding carboxylic acids is 1. The van der Waals surface area contributed by atoms with E-state index in [9.17, 15) is 26.7 Å². The Morgan fingerprint density at radius 3 is 2.23 bits per heavy atom. The van der Waals surface area contributed by atoms with Gasteiger partial charge in [0.05, 0.1) is 5.69 Å². The number of alkyl halides is 3. The largest absolute Gasteiger partial charge is 0.446 e. The summed E-state index contributed by atoms with van der Waals surface area (Å²) in [7, 11) is 0. The van der Waals surface area contributed by atoms with E-state index < -0.39 is 23.0 Å². The summed E-state index contributed by atoms with van der Waals surface area (Å²) < 4.78 is 62.9. The van der Waals surface area contributed by atoms with Crippen LogP contribution in [-0.4, -0.2) is 11.4 Å². The molecular formula is C14H8F5NOS. The highest BCUT2D eigenvalue weighted by molar-refractivity contribution is 8.00. The Hall–Kier alpha value is -2.09. The van der Waals surface area contributed by atoms with E-state index in [1.807, 2.05) is 0 Å². The lowest BCUT2D eigenvalue weighted by atomic mass is 10.2. The van der Waals surface area contributed by atoms with Gasteiger partial charge in [-0.2, -0.15) is 13.2 Å². The quantitative estimate of drug-likeness (QED) is 0.644. The summed E-state index contributed by atoms with van der Waals surface area (Å²) in [5.41, 5.74) is -4.75. The molecule has 0 aliphatic rings. The highest BCUT2D eigenvalue weighted by Crippen LogP contribution is 2.36. The van der Waals surface area contributed by atoms with Crippen LogP contribution < -0.4 is 5.32 Å². The van der Waals surface area contributed by atoms with Crippen LogP contribution in [0.2, 0.25) is 0 Å². The molecule has 0 aliphatic heterocycles. The lowest BCUT2D eigenvalue weighted by Crippen LogP contribution is -2.13. The molecule has 0 aliphatic carbocycles. The SMILES string of the molecule is O=C(Nc1cc(F)ccc1F)c1ccc(SC(F)(F)F)cc1. The number of benzene rings is 2. The average Bonchev–Trinajstić information content (AvgIpc) is 2.42. The van der Waals surface area contributed by atoms with Crippen LogP contribution >= 0.6 is 11.8 Å². The molecule has 2 aromatic rings. The zero-order valence-corrected chi connectivity index (χ0v) is 11.6. The first-order chi connectivity index (χ1) is 10.2. The Morgan fingerprint density at radius 2 is 1.64 bits per heavy atom. The van der Waals surface area contributed by atoms with Gasteiger partial charge >= 0.3 is 5.51 Å². The molecule has 0 unspecified atom stereocenters. The third-order valence-corrected chi connectivity index (χ3v) is 3.27. The topological polar surface area (TPSA) is 29.1 Å². The molecule has 2 aromatic carbocycles. The maximum atomic E-state index is 13.4. The minimum absolute atomic E-state index is 0.0233. The molecule has 116 valence electrons. The maximum Gasteiger partial charge on any atom is 0.446 e. The Bertz CT molecular complexity index is 685. The van der Waals surface area contributed by atoms with E-state index in [1.165, 1.54) is 12.1 Å². The van der Waals surface area contributed by atoms with Crippen LogP contribution in [0.3, 0.4) is 0 Å². The molecular weight excluding hydrogens is 325 g/mol. The lowest BCUT2D eigenvalue weighted by Gasteiger charge is -2.08. The van der Waals surface area contributed by atoms with E-state index in [-0.39, 0.29) is 27.9 Å². The molecule has 8 heteroatoms. The summed E-state index contributed by atoms with van der Waals surface area (Å²) in [6.07, 6.45) is 0. The predicted molar refractivity (Wildman–Crippen MR) is 72.7 cm³/mol. The number of anilines is 1. The third-order valence-electron chi connectivity index (χ3n) is 2.53. The number of hydrogen-bond donors (Lipinski definition) is 1. The molecule has 0 aromatic heterocycles. The van der Waals surface area contributed by atoms with Gasteiger partial charge in [-0.3, -0.25) is 4.79 Å². The van der Waals surface area contributed by atoms with E-state index in [1.54, 1.807) is 0 Å². The number of hydrogen-bond acceptors (Lipinski definition) is 2. The van der Waals surface area contributed by atoms with Gasteiger partial charge in [-0.15, -0.1) is 0 Å². The number of halogens is 5. The first-order valence-corrected chi connectivity index (χ1v) is 6.68. The van der Waals surface area contributed by atoms with Crippen molar-refractivity contribution in [1.29, 1.82) is 0 Å². The molecule has 0 spiro atoms. The van der Waals surface area contributed by atoms with Crippen molar-refractivity contribution < 1.29 is 26.7 Å². The first-order valence-electron chi connectivity index (χ1n) is 5.87. The molecule has 22 heavy (non-hydrogen) atoms. The molecule has 0 atom stereocenters. The second-order valence-corrected chi connectivity index (χ2v) is 5.29. The zero-order chi connectivity index (χ0) is 16.3. The maximum absolute atomic E-state index is 13.4. The number of nitrogens with one attached hydrogen (secondary N) is 1. The number of rotatable bonds is 3. The molecule has 1 N–H and O–H groups in total. The van der Waals surface area contributed by atoms with Crippen molar-refractivity contribution in [2.75, 3.05) is 5.32 Å². The molecule has 0 saturated heterocycles. The van der Waals surface area contributed by atoms with Gasteiger partial charge in [-0.25, -0.2) is 8.78 Å². The fourth-order valence-corrected chi connectivity index (χ4v) is 2.14. The number of thioether (sulfide) groups is 1. The van der Waals surface area contributed by atoms with Gasteiger partial charge in [0.1, 0.15) is 11.6 Å². The van der Waals surface area contributed by atoms with Crippen LogP contribution in [0, 0.1) is 11.6 Å². The Balaban J connectivity index is 2.11. The summed E-state index contributed by atoms with van der Waals surface area (Å²) in [5, 5.41) is 2.15. The molecule has 0 radical (unpaired) electrons. The first kappa shape index (κ1) is 16.3. The Kier molecular flexibility index (Phi) is 4.70. The molecule has 0 saturated carbocycles. The second-order valence-electron chi connectivity index (χ2n) is 4.15. The van der Waals surface area contributed by atoms with Crippen LogP contribution in [0.4, 0.5) is 27.6 Å². The van der Waals surface area contributed by atoms with Crippen molar-refractivity contribution in [1.82, 2.24) is 0 Å². The van der Waals surface area contributed by atoms with Crippen molar-refractivity contribution in [3.63, 3.8) is 0 Å². The number of amides is 1. The highest BCUT2D eigenvalue weighted by Gasteiger charge is 2.29. The van der Waals surface area contributed by atoms with E-state index in [0.29, 0.717) is 0 Å². The van der Waals surface area contributed by atoms with Gasteiger partial charge < -0.3 is 5.32 Å². The molecule has 0 heterocycles. The summed E-state index contributed by atoms with van der Waals surface area (Å²) in [6, 6.07) is 7.13. The van der Waals surface area contributed by atoms with Crippen LogP contribution in [0.5, 0.6) is 0 Å². The van der Waals surface area contributed by atoms with Crippen molar-refractivity contribution in [2.45, 2.75) is 10.4 Å². The zero-order valence-electron chi connectivity index (χ0n) is 10.7. The molecule has 2 rings (SSSR count). The fourth-order valence-electron chi connectivity index (χ4n) is 1.60. The minimum Gasteiger partial charge on any atom is -0.319 e. The molecule has 1 amide bonds. The standard InChI is InChI=1S/C14H8F5NOS/c15-9-3-6-11(16)12(7-9)20-13(21)8-1-4-10(5-2-8)22-14(17,18)19/h1-7H,(H,20,21). The summed E-state index contributed by atoms with van der Waals surface area (Å²) in [4.78, 5) is 11.8. The molecule has 0 fully saturated rings. The van der Waals surface area contributed by atoms with Gasteiger partial charge in [-0.05, 0) is 48.2 Å². The predicted octanol–water partition coefficient (Wildman–Crippen LogP) is 4.83. The average molecular weight is 333 g/mol. The Morgan fingerprint density at radius 1 is 1.00 bits per heavy atom. The van der Waals surface area contributed by atoms with E-state index in [4.69, 9.17) is 0 Å².